The van der Waals surface area contributed by atoms with Gasteiger partial charge in [-0.2, -0.15) is 4.98 Å². The van der Waals surface area contributed by atoms with Crippen LogP contribution < -0.4 is 21.5 Å². The van der Waals surface area contributed by atoms with Crippen LogP contribution >= 0.6 is 0 Å². The molecule has 9 nitrogen and oxygen atoms in total. The van der Waals surface area contributed by atoms with Crippen molar-refractivity contribution in [2.75, 3.05) is 38.4 Å². The van der Waals surface area contributed by atoms with Gasteiger partial charge in [0.2, 0.25) is 5.95 Å². The van der Waals surface area contributed by atoms with Crippen molar-refractivity contribution in [2.24, 2.45) is 0 Å². The summed E-state index contributed by atoms with van der Waals surface area (Å²) in [7, 11) is 1.69. The molecule has 0 amide bonds. The number of hydrogen-bond acceptors (Lipinski definition) is 8. The molecule has 6 N–H and O–H groups in total. The van der Waals surface area contributed by atoms with Crippen LogP contribution in [0.2, 0.25) is 0 Å². The number of nitrogen functional groups attached to an aromatic ring is 2. The average Bonchev–Trinajstić information content (AvgIpc) is 3.55. The van der Waals surface area contributed by atoms with E-state index in [9.17, 15) is 0 Å². The van der Waals surface area contributed by atoms with Crippen molar-refractivity contribution in [3.63, 3.8) is 0 Å². The number of aliphatic hydroxyl groups is 1. The largest absolute Gasteiger partial charge is 0.496 e. The number of rotatable bonds is 10. The lowest BCUT2D eigenvalue weighted by Crippen LogP contribution is -2.28. The Morgan fingerprint density at radius 2 is 1.97 bits per heavy atom. The van der Waals surface area contributed by atoms with Gasteiger partial charge in [0.25, 0.3) is 0 Å². The zero-order valence-electron chi connectivity index (χ0n) is 22.4. The normalized spacial score (nSPS) is 15.1. The number of nitrogens with one attached hydrogen (secondary N) is 1. The molecule has 0 radical (unpaired) electrons. The Hall–Kier alpha value is -3.40. The zero-order valence-corrected chi connectivity index (χ0v) is 22.4. The lowest BCUT2D eigenvalue weighted by Gasteiger charge is -2.15. The predicted octanol–water partition coefficient (Wildman–Crippen LogP) is 4.24. The molecule has 4 aromatic rings. The number of aromatic nitrogens is 3. The van der Waals surface area contributed by atoms with Gasteiger partial charge in [-0.3, -0.25) is 0 Å². The molecule has 1 unspecified atom stereocenters. The molecule has 9 heteroatoms. The van der Waals surface area contributed by atoms with E-state index in [2.05, 4.69) is 45.0 Å². The van der Waals surface area contributed by atoms with E-state index in [0.717, 1.165) is 65.8 Å². The Morgan fingerprint density at radius 1 is 1.13 bits per heavy atom. The third kappa shape index (κ3) is 6.53. The van der Waals surface area contributed by atoms with E-state index in [1.54, 1.807) is 7.11 Å². The minimum Gasteiger partial charge on any atom is -0.496 e. The molecule has 1 fully saturated rings. The first kappa shape index (κ1) is 27.6. The quantitative estimate of drug-likeness (QED) is 0.228. The van der Waals surface area contributed by atoms with Crippen LogP contribution in [-0.2, 0) is 17.8 Å². The molecular formula is C29H40N6O3. The van der Waals surface area contributed by atoms with Crippen LogP contribution in [0.3, 0.4) is 0 Å². The Morgan fingerprint density at radius 3 is 2.71 bits per heavy atom. The number of nitrogens with zero attached hydrogens (tertiary/aromatic N) is 3. The molecule has 1 saturated heterocycles. The van der Waals surface area contributed by atoms with Gasteiger partial charge in [0, 0.05) is 36.8 Å². The highest BCUT2D eigenvalue weighted by molar-refractivity contribution is 6.09. The summed E-state index contributed by atoms with van der Waals surface area (Å²) in [6.07, 6.45) is 5.73. The first-order valence-corrected chi connectivity index (χ1v) is 13.4. The Kier molecular flexibility index (Phi) is 9.75. The molecular weight excluding hydrogens is 480 g/mol. The zero-order chi connectivity index (χ0) is 26.9. The van der Waals surface area contributed by atoms with Gasteiger partial charge in [-0.1, -0.05) is 50.5 Å². The maximum absolute atomic E-state index is 8.29. The van der Waals surface area contributed by atoms with Crippen molar-refractivity contribution in [1.29, 1.82) is 0 Å². The number of anilines is 2. The minimum absolute atomic E-state index is 0.175. The fraction of sp³-hybridized carbons (Fsp3) is 0.448. The Balaban J connectivity index is 0.000000426. The topological polar surface area (TPSA) is 133 Å². The molecule has 0 bridgehead atoms. The van der Waals surface area contributed by atoms with E-state index < -0.39 is 0 Å². The molecule has 1 aliphatic heterocycles. The van der Waals surface area contributed by atoms with Crippen LogP contribution in [0.15, 0.2) is 42.5 Å². The third-order valence-corrected chi connectivity index (χ3v) is 6.86. The smallest absolute Gasteiger partial charge is 0.222 e. The van der Waals surface area contributed by atoms with Crippen molar-refractivity contribution >= 4 is 33.7 Å². The first-order valence-electron chi connectivity index (χ1n) is 13.4. The van der Waals surface area contributed by atoms with Crippen molar-refractivity contribution in [3.8, 4) is 5.75 Å². The van der Waals surface area contributed by atoms with Crippen LogP contribution in [0.25, 0.3) is 21.9 Å². The van der Waals surface area contributed by atoms with Crippen molar-refractivity contribution in [3.05, 3.63) is 53.6 Å². The van der Waals surface area contributed by atoms with E-state index in [1.807, 2.05) is 24.3 Å². The lowest BCUT2D eigenvalue weighted by molar-refractivity contribution is 0.190. The molecule has 5 rings (SSSR count). The van der Waals surface area contributed by atoms with E-state index in [1.165, 1.54) is 24.8 Å². The monoisotopic (exact) mass is 520 g/mol. The highest BCUT2D eigenvalue weighted by Crippen LogP contribution is 2.33. The summed E-state index contributed by atoms with van der Waals surface area (Å²) in [6, 6.07) is 14.8. The highest BCUT2D eigenvalue weighted by Gasteiger charge is 2.18. The molecule has 1 aliphatic rings. The highest BCUT2D eigenvalue weighted by atomic mass is 16.5. The van der Waals surface area contributed by atoms with Gasteiger partial charge in [-0.05, 0) is 36.6 Å². The third-order valence-electron chi connectivity index (χ3n) is 6.86. The number of nitrogens with two attached hydrogens (primary N) is 2. The second kappa shape index (κ2) is 13.4. The van der Waals surface area contributed by atoms with Crippen LogP contribution in [0.5, 0.6) is 5.75 Å². The van der Waals surface area contributed by atoms with Gasteiger partial charge in [0.15, 0.2) is 5.82 Å². The molecule has 1 atom stereocenters. The van der Waals surface area contributed by atoms with E-state index in [0.29, 0.717) is 25.0 Å². The van der Waals surface area contributed by atoms with Gasteiger partial charge in [-0.25, -0.2) is 4.98 Å². The second-order valence-electron chi connectivity index (χ2n) is 9.64. The maximum Gasteiger partial charge on any atom is 0.222 e. The van der Waals surface area contributed by atoms with Crippen LogP contribution in [-0.4, -0.2) is 52.6 Å². The molecule has 0 saturated carbocycles. The summed E-state index contributed by atoms with van der Waals surface area (Å²) in [5.74, 6) is 1.37. The molecule has 0 spiro atoms. The van der Waals surface area contributed by atoms with Gasteiger partial charge >= 0.3 is 0 Å². The molecule has 38 heavy (non-hydrogen) atoms. The van der Waals surface area contributed by atoms with Crippen molar-refractivity contribution < 1.29 is 14.6 Å². The maximum atomic E-state index is 8.29. The molecule has 0 aliphatic carbocycles. The summed E-state index contributed by atoms with van der Waals surface area (Å²) < 4.78 is 13.3. The number of para-hydroxylation sites is 1. The van der Waals surface area contributed by atoms with E-state index >= 15 is 0 Å². The first-order chi connectivity index (χ1) is 18.5. The van der Waals surface area contributed by atoms with Gasteiger partial charge in [0.1, 0.15) is 16.8 Å². The molecule has 204 valence electrons. The van der Waals surface area contributed by atoms with Crippen LogP contribution in [0.4, 0.5) is 11.8 Å². The number of benzene rings is 2. The standard InChI is InChI=1S/C23H26N6O2.C6H14O/c1-30-19-7-6-14(11-26-16-8-9-31-13-16)10-15(19)12-29-18-5-3-2-4-17(18)20-21(29)22(24)28-23(25)27-20;1-2-3-4-5-6-7/h2-7,10,16,26H,8-9,11-13H2,1H3,(H4,24,25,27,28);7H,2-6H2,1H3. The number of ether oxygens (including phenoxy) is 2. The Labute approximate surface area is 224 Å². The second-order valence-corrected chi connectivity index (χ2v) is 9.64. The number of fused-ring (bicyclic) bond motifs is 3. The molecule has 3 heterocycles. The van der Waals surface area contributed by atoms with Gasteiger partial charge in [0.05, 0.1) is 25.8 Å². The number of hydrogen-bond donors (Lipinski definition) is 4. The average molecular weight is 521 g/mol. The van der Waals surface area contributed by atoms with Crippen LogP contribution in [0, 0.1) is 0 Å². The summed E-state index contributed by atoms with van der Waals surface area (Å²) in [6.45, 7) is 5.47. The fourth-order valence-corrected chi connectivity index (χ4v) is 4.87. The minimum atomic E-state index is 0.175. The molecule has 2 aromatic carbocycles. The summed E-state index contributed by atoms with van der Waals surface area (Å²) >= 11 is 0. The lowest BCUT2D eigenvalue weighted by atomic mass is 10.1. The van der Waals surface area contributed by atoms with Crippen molar-refractivity contribution in [2.45, 2.75) is 58.2 Å². The van der Waals surface area contributed by atoms with Gasteiger partial charge in [-0.15, -0.1) is 0 Å². The Bertz CT molecular complexity index is 1330. The molecule has 2 aromatic heterocycles. The van der Waals surface area contributed by atoms with Crippen molar-refractivity contribution in [1.82, 2.24) is 19.9 Å². The summed E-state index contributed by atoms with van der Waals surface area (Å²) in [4.78, 5) is 8.68. The van der Waals surface area contributed by atoms with Crippen LogP contribution in [0.1, 0.15) is 50.2 Å². The summed E-state index contributed by atoms with van der Waals surface area (Å²) in [5, 5.41) is 12.9. The summed E-state index contributed by atoms with van der Waals surface area (Å²) in [5.41, 5.74) is 17.0. The van der Waals surface area contributed by atoms with E-state index in [4.69, 9.17) is 26.0 Å². The number of methoxy groups -OCH3 is 1. The van der Waals surface area contributed by atoms with Gasteiger partial charge < -0.3 is 35.9 Å². The van der Waals surface area contributed by atoms with E-state index in [-0.39, 0.29) is 5.95 Å². The fourth-order valence-electron chi connectivity index (χ4n) is 4.87. The SMILES string of the molecule is CCCCCCO.COc1ccc(CNC2CCOC2)cc1Cn1c2ccccc2c2nc(N)nc(N)c21. The number of unbranched alkanes of at least 4 members (excludes halogenated alkanes) is 3. The predicted molar refractivity (Wildman–Crippen MR) is 153 cm³/mol. The number of aliphatic hydroxyl groups excluding tert-OH is 1.